The van der Waals surface area contributed by atoms with Gasteiger partial charge in [-0.15, -0.1) is 12.4 Å². The van der Waals surface area contributed by atoms with Gasteiger partial charge in [0.15, 0.2) is 0 Å². The average molecular weight is 299 g/mol. The van der Waals surface area contributed by atoms with Crippen molar-refractivity contribution in [2.45, 2.75) is 38.3 Å². The normalized spacial score (nSPS) is 30.9. The Labute approximate surface area is 126 Å². The number of hydrogen-bond donors (Lipinski definition) is 1. The van der Waals surface area contributed by atoms with Crippen LogP contribution < -0.4 is 5.73 Å². The van der Waals surface area contributed by atoms with Crippen LogP contribution in [0.5, 0.6) is 0 Å². The molecule has 2 nitrogen and oxygen atoms in total. The second kappa shape index (κ2) is 6.42. The molecule has 0 amide bonds. The van der Waals surface area contributed by atoms with Gasteiger partial charge < -0.3 is 5.73 Å². The van der Waals surface area contributed by atoms with Crippen molar-refractivity contribution < 1.29 is 4.39 Å². The lowest BCUT2D eigenvalue weighted by Crippen LogP contribution is -2.32. The third kappa shape index (κ3) is 2.85. The fourth-order valence-electron chi connectivity index (χ4n) is 3.99. The number of halogens is 2. The maximum absolute atomic E-state index is 13.0. The van der Waals surface area contributed by atoms with Crippen molar-refractivity contribution in [3.05, 3.63) is 35.6 Å². The summed E-state index contributed by atoms with van der Waals surface area (Å²) in [6.45, 7) is 4.48. The Morgan fingerprint density at radius 3 is 2.55 bits per heavy atom. The van der Waals surface area contributed by atoms with Gasteiger partial charge in [-0.25, -0.2) is 4.39 Å². The van der Waals surface area contributed by atoms with Gasteiger partial charge >= 0.3 is 0 Å². The Morgan fingerprint density at radius 2 is 1.95 bits per heavy atom. The van der Waals surface area contributed by atoms with Crippen LogP contribution in [0.1, 0.15) is 37.8 Å². The Hall–Kier alpha value is -0.640. The SMILES string of the molecule is CCC(c1ccc(F)cc1)N1CC2CCC(N)C2C1.Cl. The number of nitrogens with two attached hydrogens (primary N) is 1. The van der Waals surface area contributed by atoms with Gasteiger partial charge in [-0.1, -0.05) is 19.1 Å². The quantitative estimate of drug-likeness (QED) is 0.927. The molecule has 0 bridgehead atoms. The molecule has 2 fully saturated rings. The van der Waals surface area contributed by atoms with E-state index < -0.39 is 0 Å². The number of nitrogens with zero attached hydrogens (tertiary/aromatic N) is 1. The first-order valence-electron chi connectivity index (χ1n) is 7.44. The second-order valence-corrected chi connectivity index (χ2v) is 6.09. The fraction of sp³-hybridized carbons (Fsp3) is 0.625. The van der Waals surface area contributed by atoms with Crippen molar-refractivity contribution in [3.8, 4) is 0 Å². The highest BCUT2D eigenvalue weighted by atomic mass is 35.5. The summed E-state index contributed by atoms with van der Waals surface area (Å²) in [5.41, 5.74) is 7.44. The lowest BCUT2D eigenvalue weighted by Gasteiger charge is -2.28. The van der Waals surface area contributed by atoms with Crippen LogP contribution in [0.2, 0.25) is 0 Å². The highest BCUT2D eigenvalue weighted by Gasteiger charge is 2.42. The summed E-state index contributed by atoms with van der Waals surface area (Å²) in [6, 6.07) is 7.80. The van der Waals surface area contributed by atoms with Crippen LogP contribution >= 0.6 is 12.4 Å². The van der Waals surface area contributed by atoms with Crippen LogP contribution in [0.25, 0.3) is 0 Å². The van der Waals surface area contributed by atoms with Crippen LogP contribution in [0.3, 0.4) is 0 Å². The van der Waals surface area contributed by atoms with Crippen LogP contribution in [0.4, 0.5) is 4.39 Å². The number of likely N-dealkylation sites (tertiary alicyclic amines) is 1. The summed E-state index contributed by atoms with van der Waals surface area (Å²) in [4.78, 5) is 2.56. The number of benzene rings is 1. The van der Waals surface area contributed by atoms with E-state index in [-0.39, 0.29) is 18.2 Å². The standard InChI is InChI=1S/C16H23FN2.ClH/c1-2-16(11-3-6-13(17)7-4-11)19-9-12-5-8-15(18)14(12)10-19;/h3-4,6-7,12,14-16H,2,5,8-10,18H2,1H3;1H. The van der Waals surface area contributed by atoms with Crippen molar-refractivity contribution in [2.75, 3.05) is 13.1 Å². The molecular formula is C16H24ClFN2. The largest absolute Gasteiger partial charge is 0.327 e. The van der Waals surface area contributed by atoms with Gasteiger partial charge in [0.05, 0.1) is 0 Å². The number of hydrogen-bond acceptors (Lipinski definition) is 2. The van der Waals surface area contributed by atoms with Crippen molar-refractivity contribution in [1.29, 1.82) is 0 Å². The first-order chi connectivity index (χ1) is 9.19. The van der Waals surface area contributed by atoms with E-state index in [2.05, 4.69) is 11.8 Å². The molecule has 2 aliphatic rings. The van der Waals surface area contributed by atoms with E-state index in [1.165, 1.54) is 18.4 Å². The van der Waals surface area contributed by atoms with Gasteiger partial charge in [0, 0.05) is 25.2 Å². The van der Waals surface area contributed by atoms with Gasteiger partial charge in [-0.05, 0) is 48.8 Å². The molecule has 1 heterocycles. The van der Waals surface area contributed by atoms with Crippen LogP contribution in [0.15, 0.2) is 24.3 Å². The topological polar surface area (TPSA) is 29.3 Å². The van der Waals surface area contributed by atoms with Crippen LogP contribution in [-0.2, 0) is 0 Å². The molecule has 1 aromatic rings. The summed E-state index contributed by atoms with van der Waals surface area (Å²) in [5, 5.41) is 0. The van der Waals surface area contributed by atoms with E-state index in [0.717, 1.165) is 25.4 Å². The zero-order valence-corrected chi connectivity index (χ0v) is 12.8. The second-order valence-electron chi connectivity index (χ2n) is 6.09. The highest BCUT2D eigenvalue weighted by molar-refractivity contribution is 5.85. The van der Waals surface area contributed by atoms with Crippen molar-refractivity contribution >= 4 is 12.4 Å². The molecule has 4 unspecified atom stereocenters. The monoisotopic (exact) mass is 298 g/mol. The Bertz CT molecular complexity index is 437. The lowest BCUT2D eigenvalue weighted by molar-refractivity contribution is 0.218. The summed E-state index contributed by atoms with van der Waals surface area (Å²) in [7, 11) is 0. The van der Waals surface area contributed by atoms with Crippen molar-refractivity contribution in [1.82, 2.24) is 4.90 Å². The summed E-state index contributed by atoms with van der Waals surface area (Å²) in [5.74, 6) is 1.30. The smallest absolute Gasteiger partial charge is 0.123 e. The lowest BCUT2D eigenvalue weighted by atomic mass is 9.98. The third-order valence-electron chi connectivity index (χ3n) is 5.02. The molecule has 20 heavy (non-hydrogen) atoms. The van der Waals surface area contributed by atoms with Gasteiger partial charge in [-0.3, -0.25) is 4.90 Å². The minimum Gasteiger partial charge on any atom is -0.327 e. The van der Waals surface area contributed by atoms with Crippen molar-refractivity contribution in [3.63, 3.8) is 0 Å². The molecule has 112 valence electrons. The van der Waals surface area contributed by atoms with Gasteiger partial charge in [0.1, 0.15) is 5.82 Å². The minimum atomic E-state index is -0.154. The van der Waals surface area contributed by atoms with Crippen LogP contribution in [-0.4, -0.2) is 24.0 Å². The average Bonchev–Trinajstić information content (AvgIpc) is 2.96. The molecule has 1 saturated heterocycles. The Morgan fingerprint density at radius 1 is 1.25 bits per heavy atom. The molecule has 1 aliphatic heterocycles. The molecule has 0 radical (unpaired) electrons. The van der Waals surface area contributed by atoms with Gasteiger partial charge in [0.2, 0.25) is 0 Å². The molecule has 0 spiro atoms. The summed E-state index contributed by atoms with van der Waals surface area (Å²) < 4.78 is 13.0. The Balaban J connectivity index is 0.00000147. The molecule has 1 aliphatic carbocycles. The third-order valence-corrected chi connectivity index (χ3v) is 5.02. The zero-order chi connectivity index (χ0) is 13.4. The first kappa shape index (κ1) is 15.7. The summed E-state index contributed by atoms with van der Waals surface area (Å²) >= 11 is 0. The predicted molar refractivity (Wildman–Crippen MR) is 82.4 cm³/mol. The molecule has 4 atom stereocenters. The Kier molecular flexibility index (Phi) is 5.05. The molecule has 2 N–H and O–H groups in total. The zero-order valence-electron chi connectivity index (χ0n) is 12.0. The van der Waals surface area contributed by atoms with Crippen molar-refractivity contribution in [2.24, 2.45) is 17.6 Å². The van der Waals surface area contributed by atoms with Gasteiger partial charge in [-0.2, -0.15) is 0 Å². The summed E-state index contributed by atoms with van der Waals surface area (Å²) in [6.07, 6.45) is 3.54. The molecule has 0 aromatic heterocycles. The van der Waals surface area contributed by atoms with E-state index in [4.69, 9.17) is 5.73 Å². The molecule has 4 heteroatoms. The number of rotatable bonds is 3. The first-order valence-corrected chi connectivity index (χ1v) is 7.44. The minimum absolute atomic E-state index is 0. The maximum Gasteiger partial charge on any atom is 0.123 e. The fourth-order valence-corrected chi connectivity index (χ4v) is 3.99. The molecular weight excluding hydrogens is 275 g/mol. The molecule has 1 saturated carbocycles. The van der Waals surface area contributed by atoms with Gasteiger partial charge in [0.25, 0.3) is 0 Å². The maximum atomic E-state index is 13.0. The highest BCUT2D eigenvalue weighted by Crippen LogP contribution is 2.41. The molecule has 3 rings (SSSR count). The van der Waals surface area contributed by atoms with E-state index in [1.54, 1.807) is 12.1 Å². The number of fused-ring (bicyclic) bond motifs is 1. The predicted octanol–water partition coefficient (Wildman–Crippen LogP) is 3.37. The molecule has 1 aromatic carbocycles. The van der Waals surface area contributed by atoms with Crippen LogP contribution in [0, 0.1) is 17.7 Å². The van der Waals surface area contributed by atoms with E-state index >= 15 is 0 Å². The van der Waals surface area contributed by atoms with E-state index in [9.17, 15) is 4.39 Å². The van der Waals surface area contributed by atoms with E-state index in [1.807, 2.05) is 12.1 Å². The van der Waals surface area contributed by atoms with E-state index in [0.29, 0.717) is 18.0 Å².